The molecular weight excluding hydrogens is 264 g/mol. The van der Waals surface area contributed by atoms with Gasteiger partial charge in [0.1, 0.15) is 5.78 Å². The largest absolute Gasteiger partial charge is 0.393 e. The number of hydrogen-bond donors (Lipinski definition) is 2. The van der Waals surface area contributed by atoms with Gasteiger partial charge in [0.15, 0.2) is 0 Å². The van der Waals surface area contributed by atoms with E-state index in [1.54, 1.807) is 0 Å². The van der Waals surface area contributed by atoms with Gasteiger partial charge in [-0.25, -0.2) is 0 Å². The summed E-state index contributed by atoms with van der Waals surface area (Å²) in [4.78, 5) is 11.9. The molecule has 5 atom stereocenters. The summed E-state index contributed by atoms with van der Waals surface area (Å²) >= 11 is 0. The highest BCUT2D eigenvalue weighted by Crippen LogP contribution is 2.56. The van der Waals surface area contributed by atoms with Crippen LogP contribution < -0.4 is 0 Å². The average molecular weight is 294 g/mol. The normalized spacial score (nSPS) is 41.7. The second kappa shape index (κ2) is 6.00. The molecule has 0 aliphatic heterocycles. The molecule has 3 nitrogen and oxygen atoms in total. The van der Waals surface area contributed by atoms with Crippen molar-refractivity contribution in [2.75, 3.05) is 0 Å². The van der Waals surface area contributed by atoms with E-state index in [0.29, 0.717) is 24.0 Å². The van der Waals surface area contributed by atoms with E-state index in [1.165, 1.54) is 25.7 Å². The first-order valence-electron chi connectivity index (χ1n) is 8.90. The van der Waals surface area contributed by atoms with Crippen LogP contribution in [-0.4, -0.2) is 28.2 Å². The Kier molecular flexibility index (Phi) is 4.42. The molecule has 2 N–H and O–H groups in total. The van der Waals surface area contributed by atoms with Gasteiger partial charge in [0, 0.05) is 11.8 Å². The van der Waals surface area contributed by atoms with Crippen LogP contribution in [0, 0.1) is 23.2 Å². The van der Waals surface area contributed by atoms with Crippen molar-refractivity contribution in [3.8, 4) is 0 Å². The van der Waals surface area contributed by atoms with Crippen LogP contribution in [0.15, 0.2) is 0 Å². The Morgan fingerprint density at radius 1 is 1.29 bits per heavy atom. The van der Waals surface area contributed by atoms with Crippen molar-refractivity contribution < 1.29 is 15.0 Å². The molecule has 120 valence electrons. The Morgan fingerprint density at radius 2 is 2.00 bits per heavy atom. The lowest BCUT2D eigenvalue weighted by atomic mass is 9.49. The van der Waals surface area contributed by atoms with E-state index in [9.17, 15) is 15.0 Å². The van der Waals surface area contributed by atoms with E-state index in [1.807, 2.05) is 0 Å². The van der Waals surface area contributed by atoms with Gasteiger partial charge < -0.3 is 10.2 Å². The van der Waals surface area contributed by atoms with E-state index in [4.69, 9.17) is 0 Å². The van der Waals surface area contributed by atoms with Gasteiger partial charge in [-0.2, -0.15) is 0 Å². The molecular formula is C18H30O3. The molecule has 3 rings (SSSR count). The third kappa shape index (κ3) is 2.92. The molecule has 3 fully saturated rings. The molecule has 0 radical (unpaired) electrons. The van der Waals surface area contributed by atoms with Crippen LogP contribution >= 0.6 is 0 Å². The Morgan fingerprint density at radius 3 is 2.67 bits per heavy atom. The fourth-order valence-corrected chi connectivity index (χ4v) is 5.14. The minimum absolute atomic E-state index is 0.166. The average Bonchev–Trinajstić information content (AvgIpc) is 2.95. The van der Waals surface area contributed by atoms with Crippen LogP contribution in [0.2, 0.25) is 0 Å². The van der Waals surface area contributed by atoms with Crippen molar-refractivity contribution in [1.82, 2.24) is 0 Å². The molecule has 0 aromatic heterocycles. The van der Waals surface area contributed by atoms with Crippen molar-refractivity contribution in [1.29, 1.82) is 0 Å². The molecule has 3 heteroatoms. The molecule has 3 aliphatic carbocycles. The minimum Gasteiger partial charge on any atom is -0.393 e. The zero-order valence-electron chi connectivity index (χ0n) is 13.3. The maximum atomic E-state index is 11.9. The number of rotatable bonds is 5. The summed E-state index contributed by atoms with van der Waals surface area (Å²) in [6, 6.07) is 0. The number of Topliss-reactive ketones (excluding diaryl/α,β-unsaturated/α-hetero) is 1. The third-order valence-electron chi connectivity index (χ3n) is 6.74. The van der Waals surface area contributed by atoms with Gasteiger partial charge in [0.2, 0.25) is 0 Å². The van der Waals surface area contributed by atoms with Crippen LogP contribution in [0.25, 0.3) is 0 Å². The third-order valence-corrected chi connectivity index (χ3v) is 6.74. The first-order valence-corrected chi connectivity index (χ1v) is 8.90. The highest BCUT2D eigenvalue weighted by atomic mass is 16.3. The van der Waals surface area contributed by atoms with Crippen LogP contribution in [0.5, 0.6) is 0 Å². The van der Waals surface area contributed by atoms with Crippen LogP contribution in [0.1, 0.15) is 71.1 Å². The van der Waals surface area contributed by atoms with Gasteiger partial charge in [-0.05, 0) is 49.9 Å². The molecule has 0 aromatic carbocycles. The van der Waals surface area contributed by atoms with Crippen molar-refractivity contribution >= 4 is 5.78 Å². The Balaban J connectivity index is 1.50. The maximum Gasteiger partial charge on any atom is 0.139 e. The predicted molar refractivity (Wildman–Crippen MR) is 81.8 cm³/mol. The first kappa shape index (κ1) is 15.5. The fourth-order valence-electron chi connectivity index (χ4n) is 5.14. The number of aliphatic hydroxyl groups is 2. The zero-order chi connectivity index (χ0) is 15.0. The molecule has 0 amide bonds. The highest BCUT2D eigenvalue weighted by Gasteiger charge is 2.57. The highest BCUT2D eigenvalue weighted by molar-refractivity contribution is 5.91. The molecule has 21 heavy (non-hydrogen) atoms. The summed E-state index contributed by atoms with van der Waals surface area (Å²) in [6.07, 6.45) is 9.56. The molecule has 0 aromatic rings. The summed E-state index contributed by atoms with van der Waals surface area (Å²) in [5.74, 6) is 1.68. The molecule has 0 bridgehead atoms. The second-order valence-electron chi connectivity index (χ2n) is 8.04. The lowest BCUT2D eigenvalue weighted by Gasteiger charge is -2.54. The lowest BCUT2D eigenvalue weighted by molar-refractivity contribution is -0.161. The van der Waals surface area contributed by atoms with E-state index in [0.717, 1.165) is 32.1 Å². The van der Waals surface area contributed by atoms with Crippen molar-refractivity contribution in [2.24, 2.45) is 23.2 Å². The lowest BCUT2D eigenvalue weighted by Crippen LogP contribution is -2.57. The Hall–Kier alpha value is -0.410. The monoisotopic (exact) mass is 294 g/mol. The number of ketones is 1. The van der Waals surface area contributed by atoms with Gasteiger partial charge in [0.25, 0.3) is 0 Å². The predicted octanol–water partition coefficient (Wildman–Crippen LogP) is 3.07. The van der Waals surface area contributed by atoms with Gasteiger partial charge in [-0.3, -0.25) is 4.79 Å². The Labute approximate surface area is 128 Å². The first-order chi connectivity index (χ1) is 10.0. The van der Waals surface area contributed by atoms with E-state index in [2.05, 4.69) is 6.92 Å². The van der Waals surface area contributed by atoms with Gasteiger partial charge >= 0.3 is 0 Å². The molecule has 3 aliphatic rings. The number of carbonyl (C=O) groups is 1. The molecule has 0 heterocycles. The summed E-state index contributed by atoms with van der Waals surface area (Å²) in [5, 5.41) is 20.6. The Bertz CT molecular complexity index is 388. The van der Waals surface area contributed by atoms with Gasteiger partial charge in [-0.1, -0.05) is 32.6 Å². The smallest absolute Gasteiger partial charge is 0.139 e. The molecule has 0 spiro atoms. The summed E-state index contributed by atoms with van der Waals surface area (Å²) in [6.45, 7) is 2.08. The number of fused-ring (bicyclic) bond motifs is 1. The minimum atomic E-state index is -0.269. The molecule has 3 saturated carbocycles. The summed E-state index contributed by atoms with van der Waals surface area (Å²) in [7, 11) is 0. The summed E-state index contributed by atoms with van der Waals surface area (Å²) in [5.41, 5.74) is -0.166. The molecule has 0 unspecified atom stereocenters. The van der Waals surface area contributed by atoms with E-state index >= 15 is 0 Å². The number of carbonyl (C=O) groups excluding carboxylic acids is 1. The van der Waals surface area contributed by atoms with Crippen LogP contribution in [-0.2, 0) is 4.79 Å². The van der Waals surface area contributed by atoms with Gasteiger partial charge in [0.05, 0.1) is 12.2 Å². The van der Waals surface area contributed by atoms with Crippen molar-refractivity contribution in [3.63, 3.8) is 0 Å². The quantitative estimate of drug-likeness (QED) is 0.819. The fraction of sp³-hybridized carbons (Fsp3) is 0.944. The SMILES string of the molecule is C[C@]12CC[C@@H](O)[C@H](CC[C@@H](O)CC3CCCC3)[C@H]1CC2=O. The van der Waals surface area contributed by atoms with Crippen LogP contribution in [0.3, 0.4) is 0 Å². The topological polar surface area (TPSA) is 57.5 Å². The maximum absolute atomic E-state index is 11.9. The summed E-state index contributed by atoms with van der Waals surface area (Å²) < 4.78 is 0. The standard InChI is InChI=1S/C18H30O3/c1-18-9-8-16(20)14(15(18)11-17(18)21)7-6-13(19)10-12-4-2-3-5-12/h12-16,19-20H,2-11H2,1H3/t13-,14-,15-,16-,18+/m1/s1. The zero-order valence-corrected chi connectivity index (χ0v) is 13.3. The van der Waals surface area contributed by atoms with Crippen molar-refractivity contribution in [3.05, 3.63) is 0 Å². The molecule has 0 saturated heterocycles. The van der Waals surface area contributed by atoms with E-state index in [-0.39, 0.29) is 23.5 Å². The van der Waals surface area contributed by atoms with Crippen LogP contribution in [0.4, 0.5) is 0 Å². The second-order valence-corrected chi connectivity index (χ2v) is 8.04. The number of hydrogen-bond acceptors (Lipinski definition) is 3. The van der Waals surface area contributed by atoms with E-state index < -0.39 is 0 Å². The van der Waals surface area contributed by atoms with Crippen molar-refractivity contribution in [2.45, 2.75) is 83.3 Å². The number of aliphatic hydroxyl groups excluding tert-OH is 2. The van der Waals surface area contributed by atoms with Gasteiger partial charge in [-0.15, -0.1) is 0 Å².